The summed E-state index contributed by atoms with van der Waals surface area (Å²) in [5.74, 6) is 0.272. The number of sulfonamides is 1. The largest absolute Gasteiger partial charge is 0.330 e. The maximum atomic E-state index is 12.1. The van der Waals surface area contributed by atoms with Gasteiger partial charge in [-0.25, -0.2) is 13.1 Å². The van der Waals surface area contributed by atoms with E-state index in [0.717, 1.165) is 19.3 Å². The second-order valence-corrected chi connectivity index (χ2v) is 6.18. The normalized spacial score (nSPS) is 23.6. The van der Waals surface area contributed by atoms with Crippen LogP contribution in [0.3, 0.4) is 0 Å². The van der Waals surface area contributed by atoms with E-state index in [9.17, 15) is 8.42 Å². The van der Waals surface area contributed by atoms with E-state index < -0.39 is 10.0 Å². The first-order valence-corrected chi connectivity index (χ1v) is 7.39. The molecule has 3 N–H and O–H groups in total. The fourth-order valence-corrected chi connectivity index (χ4v) is 3.70. The summed E-state index contributed by atoms with van der Waals surface area (Å²) in [5.41, 5.74) is 5.65. The molecule has 0 spiro atoms. The van der Waals surface area contributed by atoms with Gasteiger partial charge in [-0.1, -0.05) is 24.6 Å². The van der Waals surface area contributed by atoms with Crippen molar-refractivity contribution in [2.24, 2.45) is 11.7 Å². The van der Waals surface area contributed by atoms with Crippen LogP contribution in [-0.4, -0.2) is 21.0 Å². The van der Waals surface area contributed by atoms with Gasteiger partial charge in [0.05, 0.1) is 4.90 Å². The summed E-state index contributed by atoms with van der Waals surface area (Å²) < 4.78 is 27.0. The zero-order valence-electron chi connectivity index (χ0n) is 10.1. The molecule has 0 aromatic heterocycles. The molecule has 18 heavy (non-hydrogen) atoms. The summed E-state index contributed by atoms with van der Waals surface area (Å²) in [6.45, 7) is 0.544. The molecule has 0 bridgehead atoms. The van der Waals surface area contributed by atoms with Gasteiger partial charge in [-0.05, 0) is 37.4 Å². The SMILES string of the molecule is Cl.NCC1CCCC1NS(=O)(=O)c1ccccc1. The van der Waals surface area contributed by atoms with Gasteiger partial charge in [0.25, 0.3) is 0 Å². The lowest BCUT2D eigenvalue weighted by molar-refractivity contribution is 0.453. The molecule has 1 aliphatic carbocycles. The van der Waals surface area contributed by atoms with Crippen molar-refractivity contribution in [1.82, 2.24) is 4.72 Å². The van der Waals surface area contributed by atoms with Crippen LogP contribution >= 0.6 is 12.4 Å². The summed E-state index contributed by atoms with van der Waals surface area (Å²) in [7, 11) is -3.39. The van der Waals surface area contributed by atoms with Crippen molar-refractivity contribution in [1.29, 1.82) is 0 Å². The summed E-state index contributed by atoms with van der Waals surface area (Å²) in [6.07, 6.45) is 2.94. The Kier molecular flexibility index (Phi) is 5.59. The molecule has 0 heterocycles. The standard InChI is InChI=1S/C12H18N2O2S.ClH/c13-9-10-5-4-8-12(10)14-17(15,16)11-6-2-1-3-7-11;/h1-3,6-7,10,12,14H,4-5,8-9,13H2;1H. The van der Waals surface area contributed by atoms with E-state index >= 15 is 0 Å². The first-order valence-electron chi connectivity index (χ1n) is 5.91. The molecule has 6 heteroatoms. The monoisotopic (exact) mass is 290 g/mol. The van der Waals surface area contributed by atoms with Crippen LogP contribution in [0.2, 0.25) is 0 Å². The topological polar surface area (TPSA) is 72.2 Å². The number of nitrogens with one attached hydrogen (secondary N) is 1. The van der Waals surface area contributed by atoms with Gasteiger partial charge in [-0.15, -0.1) is 12.4 Å². The highest BCUT2D eigenvalue weighted by Gasteiger charge is 2.30. The molecule has 0 amide bonds. The van der Waals surface area contributed by atoms with Crippen molar-refractivity contribution < 1.29 is 8.42 Å². The predicted molar refractivity (Wildman–Crippen MR) is 74.2 cm³/mol. The highest BCUT2D eigenvalue weighted by atomic mass is 35.5. The predicted octanol–water partition coefficient (Wildman–Crippen LogP) is 1.51. The minimum atomic E-state index is -3.39. The van der Waals surface area contributed by atoms with Crippen molar-refractivity contribution in [3.05, 3.63) is 30.3 Å². The average molecular weight is 291 g/mol. The molecule has 1 aliphatic rings. The maximum absolute atomic E-state index is 12.1. The number of nitrogens with two attached hydrogens (primary N) is 1. The fraction of sp³-hybridized carbons (Fsp3) is 0.500. The molecular formula is C12H19ClN2O2S. The molecule has 4 nitrogen and oxygen atoms in total. The zero-order valence-corrected chi connectivity index (χ0v) is 11.7. The fourth-order valence-electron chi connectivity index (χ4n) is 2.34. The summed E-state index contributed by atoms with van der Waals surface area (Å²) >= 11 is 0. The van der Waals surface area contributed by atoms with Crippen molar-refractivity contribution in [2.45, 2.75) is 30.2 Å². The minimum Gasteiger partial charge on any atom is -0.330 e. The average Bonchev–Trinajstić information content (AvgIpc) is 2.77. The molecular weight excluding hydrogens is 272 g/mol. The molecule has 0 radical (unpaired) electrons. The molecule has 1 aromatic rings. The third-order valence-corrected chi connectivity index (χ3v) is 4.83. The lowest BCUT2D eigenvalue weighted by atomic mass is 10.1. The Labute approximate surface area is 114 Å². The van der Waals surface area contributed by atoms with Gasteiger partial charge in [0, 0.05) is 6.04 Å². The van der Waals surface area contributed by atoms with Crippen molar-refractivity contribution >= 4 is 22.4 Å². The van der Waals surface area contributed by atoms with Gasteiger partial charge in [0.15, 0.2) is 0 Å². The van der Waals surface area contributed by atoms with E-state index in [4.69, 9.17) is 5.73 Å². The number of rotatable bonds is 4. The van der Waals surface area contributed by atoms with Crippen LogP contribution in [0, 0.1) is 5.92 Å². The van der Waals surface area contributed by atoms with Crippen LogP contribution < -0.4 is 10.5 Å². The van der Waals surface area contributed by atoms with Crippen molar-refractivity contribution in [2.75, 3.05) is 6.54 Å². The Morgan fingerprint density at radius 1 is 1.22 bits per heavy atom. The maximum Gasteiger partial charge on any atom is 0.240 e. The molecule has 1 fully saturated rings. The van der Waals surface area contributed by atoms with Gasteiger partial charge >= 0.3 is 0 Å². The van der Waals surface area contributed by atoms with Crippen LogP contribution in [0.25, 0.3) is 0 Å². The molecule has 1 aromatic carbocycles. The van der Waals surface area contributed by atoms with E-state index in [1.165, 1.54) is 0 Å². The second-order valence-electron chi connectivity index (χ2n) is 4.47. The highest BCUT2D eigenvalue weighted by Crippen LogP contribution is 2.26. The van der Waals surface area contributed by atoms with Crippen molar-refractivity contribution in [3.63, 3.8) is 0 Å². The number of benzene rings is 1. The van der Waals surface area contributed by atoms with Crippen LogP contribution in [-0.2, 0) is 10.0 Å². The zero-order chi connectivity index (χ0) is 12.3. The Hall–Kier alpha value is -0.620. The molecule has 1 saturated carbocycles. The van der Waals surface area contributed by atoms with Crippen LogP contribution in [0.4, 0.5) is 0 Å². The lowest BCUT2D eigenvalue weighted by Crippen LogP contribution is -2.39. The molecule has 102 valence electrons. The number of hydrogen-bond donors (Lipinski definition) is 2. The smallest absolute Gasteiger partial charge is 0.240 e. The number of hydrogen-bond acceptors (Lipinski definition) is 3. The van der Waals surface area contributed by atoms with Gasteiger partial charge in [-0.3, -0.25) is 0 Å². The second kappa shape index (κ2) is 6.52. The van der Waals surface area contributed by atoms with Crippen molar-refractivity contribution in [3.8, 4) is 0 Å². The summed E-state index contributed by atoms with van der Waals surface area (Å²) in [4.78, 5) is 0.322. The van der Waals surface area contributed by atoms with Gasteiger partial charge in [0.1, 0.15) is 0 Å². The van der Waals surface area contributed by atoms with Crippen LogP contribution in [0.15, 0.2) is 35.2 Å². The van der Waals surface area contributed by atoms with Crippen LogP contribution in [0.5, 0.6) is 0 Å². The quantitative estimate of drug-likeness (QED) is 0.883. The molecule has 2 unspecified atom stereocenters. The van der Waals surface area contributed by atoms with E-state index in [1.807, 2.05) is 0 Å². The van der Waals surface area contributed by atoms with Crippen LogP contribution in [0.1, 0.15) is 19.3 Å². The molecule has 2 atom stereocenters. The Balaban J connectivity index is 0.00000162. The third kappa shape index (κ3) is 3.45. The van der Waals surface area contributed by atoms with E-state index in [1.54, 1.807) is 30.3 Å². The van der Waals surface area contributed by atoms with E-state index in [0.29, 0.717) is 11.4 Å². The van der Waals surface area contributed by atoms with Gasteiger partial charge in [0.2, 0.25) is 10.0 Å². The van der Waals surface area contributed by atoms with Gasteiger partial charge < -0.3 is 5.73 Å². The summed E-state index contributed by atoms with van der Waals surface area (Å²) in [5, 5.41) is 0. The first kappa shape index (κ1) is 15.4. The Morgan fingerprint density at radius 3 is 2.50 bits per heavy atom. The minimum absolute atomic E-state index is 0. The van der Waals surface area contributed by atoms with E-state index in [-0.39, 0.29) is 24.4 Å². The summed E-state index contributed by atoms with van der Waals surface area (Å²) in [6, 6.07) is 8.46. The Morgan fingerprint density at radius 2 is 1.89 bits per heavy atom. The first-order chi connectivity index (χ1) is 8.13. The molecule has 0 aliphatic heterocycles. The third-order valence-electron chi connectivity index (χ3n) is 3.32. The highest BCUT2D eigenvalue weighted by molar-refractivity contribution is 7.89. The molecule has 0 saturated heterocycles. The molecule has 2 rings (SSSR count). The Bertz CT molecular complexity index is 464. The lowest BCUT2D eigenvalue weighted by Gasteiger charge is -2.19. The number of halogens is 1. The van der Waals surface area contributed by atoms with Gasteiger partial charge in [-0.2, -0.15) is 0 Å². The van der Waals surface area contributed by atoms with E-state index in [2.05, 4.69) is 4.72 Å².